The average Bonchev–Trinajstić information content (AvgIpc) is 3.47. The number of imide groups is 1. The summed E-state index contributed by atoms with van der Waals surface area (Å²) >= 11 is 0. The van der Waals surface area contributed by atoms with E-state index in [2.05, 4.69) is 13.8 Å². The van der Waals surface area contributed by atoms with Crippen LogP contribution in [0.3, 0.4) is 0 Å². The third-order valence-corrected chi connectivity index (χ3v) is 10.6. The molecule has 1 aliphatic heterocycles. The van der Waals surface area contributed by atoms with Gasteiger partial charge in [-0.2, -0.15) is 0 Å². The van der Waals surface area contributed by atoms with Gasteiger partial charge in [0.2, 0.25) is 0 Å². The molecule has 0 saturated carbocycles. The summed E-state index contributed by atoms with van der Waals surface area (Å²) < 4.78 is 11.1. The minimum absolute atomic E-state index is 0.0148. The van der Waals surface area contributed by atoms with E-state index in [9.17, 15) is 24.0 Å². The number of rotatable bonds is 39. The summed E-state index contributed by atoms with van der Waals surface area (Å²) in [7, 11) is 0. The van der Waals surface area contributed by atoms with Gasteiger partial charge < -0.3 is 14.3 Å². The summed E-state index contributed by atoms with van der Waals surface area (Å²) in [6, 6.07) is 0. The highest BCUT2D eigenvalue weighted by Crippen LogP contribution is 2.18. The van der Waals surface area contributed by atoms with Gasteiger partial charge in [-0.3, -0.25) is 19.2 Å². The highest BCUT2D eigenvalue weighted by molar-refractivity contribution is 6.01. The fraction of sp³-hybridized carbons (Fsp3) is 0.889. The quantitative estimate of drug-likeness (QED) is 0.0345. The summed E-state index contributed by atoms with van der Waals surface area (Å²) in [4.78, 5) is 66.2. The standard InChI is InChI=1S/C45H81NO8/c1-3-5-7-9-11-13-15-17-19-21-23-25-27-29-31-33-43(49)52-39-40(35-38-45(51)54-46-41(47)36-37-42(46)48)53-44(50)34-32-30-28-26-24-22-20-18-16-14-12-10-8-6-4-2/h40H,3-39H2,1-2H3/t40-/m0/s1. The van der Waals surface area contributed by atoms with Gasteiger partial charge in [-0.25, -0.2) is 4.79 Å². The summed E-state index contributed by atoms with van der Waals surface area (Å²) in [5.74, 6) is -2.60. The molecule has 9 nitrogen and oxygen atoms in total. The van der Waals surface area contributed by atoms with E-state index >= 15 is 0 Å². The topological polar surface area (TPSA) is 116 Å². The van der Waals surface area contributed by atoms with Gasteiger partial charge in [0.25, 0.3) is 11.8 Å². The molecule has 0 radical (unpaired) electrons. The smallest absolute Gasteiger partial charge is 0.333 e. The van der Waals surface area contributed by atoms with Gasteiger partial charge in [-0.1, -0.05) is 194 Å². The monoisotopic (exact) mass is 764 g/mol. The van der Waals surface area contributed by atoms with Crippen molar-refractivity contribution in [2.75, 3.05) is 6.61 Å². The van der Waals surface area contributed by atoms with E-state index in [-0.39, 0.29) is 50.6 Å². The number of hydrogen-bond acceptors (Lipinski definition) is 8. The average molecular weight is 764 g/mol. The Morgan fingerprint density at radius 1 is 0.463 bits per heavy atom. The largest absolute Gasteiger partial charge is 0.462 e. The Morgan fingerprint density at radius 2 is 0.796 bits per heavy atom. The van der Waals surface area contributed by atoms with Gasteiger partial charge in [-0.15, -0.1) is 5.06 Å². The van der Waals surface area contributed by atoms with Crippen LogP contribution in [0.15, 0.2) is 0 Å². The predicted molar refractivity (Wildman–Crippen MR) is 216 cm³/mol. The normalized spacial score (nSPS) is 13.4. The molecule has 1 saturated heterocycles. The van der Waals surface area contributed by atoms with Crippen LogP contribution in [-0.2, 0) is 38.3 Å². The van der Waals surface area contributed by atoms with Crippen molar-refractivity contribution in [3.63, 3.8) is 0 Å². The fourth-order valence-electron chi connectivity index (χ4n) is 7.04. The first-order valence-corrected chi connectivity index (χ1v) is 22.8. The number of carbonyl (C=O) groups is 5. The number of amides is 2. The molecule has 0 unspecified atom stereocenters. The fourth-order valence-corrected chi connectivity index (χ4v) is 7.04. The predicted octanol–water partition coefficient (Wildman–Crippen LogP) is 12.4. The molecule has 1 heterocycles. The molecule has 1 atom stereocenters. The second kappa shape index (κ2) is 36.2. The minimum Gasteiger partial charge on any atom is -0.462 e. The van der Waals surface area contributed by atoms with Crippen molar-refractivity contribution in [2.24, 2.45) is 0 Å². The van der Waals surface area contributed by atoms with Crippen molar-refractivity contribution in [3.05, 3.63) is 0 Å². The van der Waals surface area contributed by atoms with Gasteiger partial charge >= 0.3 is 17.9 Å². The van der Waals surface area contributed by atoms with Gasteiger partial charge in [-0.05, 0) is 19.3 Å². The van der Waals surface area contributed by atoms with E-state index < -0.39 is 23.9 Å². The van der Waals surface area contributed by atoms with Gasteiger partial charge in [0.1, 0.15) is 12.7 Å². The van der Waals surface area contributed by atoms with Crippen LogP contribution < -0.4 is 0 Å². The summed E-state index contributed by atoms with van der Waals surface area (Å²) in [5.41, 5.74) is 0. The Balaban J connectivity index is 2.24. The summed E-state index contributed by atoms with van der Waals surface area (Å²) in [6.45, 7) is 4.37. The van der Waals surface area contributed by atoms with Crippen LogP contribution in [-0.4, -0.2) is 47.5 Å². The highest BCUT2D eigenvalue weighted by Gasteiger charge is 2.33. The first-order valence-electron chi connectivity index (χ1n) is 22.8. The molecule has 0 aromatic heterocycles. The molecule has 2 amide bonds. The zero-order valence-electron chi connectivity index (χ0n) is 35.0. The lowest BCUT2D eigenvalue weighted by molar-refractivity contribution is -0.198. The molecular formula is C45H81NO8. The Bertz CT molecular complexity index is 953. The van der Waals surface area contributed by atoms with Gasteiger partial charge in [0.15, 0.2) is 0 Å². The number of hydrogen-bond donors (Lipinski definition) is 0. The van der Waals surface area contributed by atoms with E-state index in [1.165, 1.54) is 154 Å². The molecule has 0 aromatic carbocycles. The second-order valence-corrected chi connectivity index (χ2v) is 15.8. The van der Waals surface area contributed by atoms with Crippen LogP contribution in [0.4, 0.5) is 0 Å². The van der Waals surface area contributed by atoms with Crippen LogP contribution in [0.2, 0.25) is 0 Å². The van der Waals surface area contributed by atoms with Gasteiger partial charge in [0, 0.05) is 25.7 Å². The highest BCUT2D eigenvalue weighted by atomic mass is 16.7. The first-order chi connectivity index (χ1) is 26.4. The lowest BCUT2D eigenvalue weighted by atomic mass is 10.0. The van der Waals surface area contributed by atoms with E-state index in [0.29, 0.717) is 11.5 Å². The van der Waals surface area contributed by atoms with Crippen molar-refractivity contribution < 1.29 is 38.3 Å². The lowest BCUT2D eigenvalue weighted by Crippen LogP contribution is -2.33. The molecular weight excluding hydrogens is 682 g/mol. The molecule has 54 heavy (non-hydrogen) atoms. The molecule has 0 N–H and O–H groups in total. The van der Waals surface area contributed by atoms with Crippen LogP contribution in [0.25, 0.3) is 0 Å². The maximum Gasteiger partial charge on any atom is 0.333 e. The third-order valence-electron chi connectivity index (χ3n) is 10.6. The van der Waals surface area contributed by atoms with E-state index in [1.807, 2.05) is 0 Å². The molecule has 0 spiro atoms. The van der Waals surface area contributed by atoms with Crippen molar-refractivity contribution in [1.82, 2.24) is 5.06 Å². The zero-order chi connectivity index (χ0) is 39.3. The maximum atomic E-state index is 12.7. The summed E-state index contributed by atoms with van der Waals surface area (Å²) in [6.07, 6.45) is 37.1. The van der Waals surface area contributed by atoms with Gasteiger partial charge in [0.05, 0.1) is 6.42 Å². The SMILES string of the molecule is CCCCCCCCCCCCCCCCCC(=O)OC[C@H](CCC(=O)ON1C(=O)CCC1=O)OC(=O)CCCCCCCCCCCCCCCCC. The molecule has 1 rings (SSSR count). The van der Waals surface area contributed by atoms with E-state index in [1.54, 1.807) is 0 Å². The molecule has 1 aliphatic rings. The van der Waals surface area contributed by atoms with Crippen LogP contribution >= 0.6 is 0 Å². The minimum atomic E-state index is -0.809. The van der Waals surface area contributed by atoms with Crippen molar-refractivity contribution >= 4 is 29.7 Å². The molecule has 0 aromatic rings. The van der Waals surface area contributed by atoms with Crippen LogP contribution in [0.1, 0.15) is 245 Å². The number of carbonyl (C=O) groups excluding carboxylic acids is 5. The number of ether oxygens (including phenoxy) is 2. The summed E-state index contributed by atoms with van der Waals surface area (Å²) in [5, 5.41) is 0.511. The number of nitrogens with zero attached hydrogens (tertiary/aromatic N) is 1. The molecule has 0 bridgehead atoms. The van der Waals surface area contributed by atoms with E-state index in [4.69, 9.17) is 14.3 Å². The molecule has 0 aliphatic carbocycles. The van der Waals surface area contributed by atoms with Crippen LogP contribution in [0.5, 0.6) is 0 Å². The third kappa shape index (κ3) is 29.9. The van der Waals surface area contributed by atoms with Crippen molar-refractivity contribution in [2.45, 2.75) is 251 Å². The zero-order valence-corrected chi connectivity index (χ0v) is 35.0. The molecule has 9 heteroatoms. The Morgan fingerprint density at radius 3 is 1.17 bits per heavy atom. The number of esters is 2. The van der Waals surface area contributed by atoms with Crippen molar-refractivity contribution in [1.29, 1.82) is 0 Å². The lowest BCUT2D eigenvalue weighted by Gasteiger charge is -2.18. The Kier molecular flexibility index (Phi) is 33.2. The number of hydroxylamine groups is 2. The van der Waals surface area contributed by atoms with E-state index in [0.717, 1.165) is 38.5 Å². The van der Waals surface area contributed by atoms with Crippen LogP contribution in [0, 0.1) is 0 Å². The second-order valence-electron chi connectivity index (χ2n) is 15.8. The molecule has 1 fully saturated rings. The Labute approximate surface area is 330 Å². The Hall–Kier alpha value is -2.45. The maximum absolute atomic E-state index is 12.7. The number of unbranched alkanes of at least 4 members (excludes halogenated alkanes) is 28. The molecule has 314 valence electrons. The van der Waals surface area contributed by atoms with Crippen molar-refractivity contribution in [3.8, 4) is 0 Å². The first kappa shape index (κ1) is 49.6.